The van der Waals surface area contributed by atoms with Crippen LogP contribution in [0.5, 0.6) is 11.5 Å². The van der Waals surface area contributed by atoms with E-state index in [-0.39, 0.29) is 17.7 Å². The standard InChI is InChI=1S/C28H24N2O7/c1-3-17-7-10-21(11-8-17)30-26(32)22(25(31)29-28(30)35)14-18-9-12-23(24(15-18)36-2)37-16-19-5-4-6-20(13-19)27(33)34/h4-15H,3,16H2,1-2H3,(H,33,34)(H,29,31,35)/b22-14+. The highest BCUT2D eigenvalue weighted by Crippen LogP contribution is 2.30. The van der Waals surface area contributed by atoms with Gasteiger partial charge in [0.05, 0.1) is 18.4 Å². The molecule has 9 nitrogen and oxygen atoms in total. The van der Waals surface area contributed by atoms with Gasteiger partial charge in [0.1, 0.15) is 12.2 Å². The minimum atomic E-state index is -1.03. The number of hydrogen-bond donors (Lipinski definition) is 2. The Kier molecular flexibility index (Phi) is 7.34. The number of carboxylic acids is 1. The molecule has 1 fully saturated rings. The summed E-state index contributed by atoms with van der Waals surface area (Å²) in [5.41, 5.74) is 2.48. The lowest BCUT2D eigenvalue weighted by Gasteiger charge is -2.26. The summed E-state index contributed by atoms with van der Waals surface area (Å²) in [5.74, 6) is -1.84. The number of amides is 4. The normalized spacial score (nSPS) is 14.5. The van der Waals surface area contributed by atoms with Gasteiger partial charge >= 0.3 is 12.0 Å². The van der Waals surface area contributed by atoms with Crippen LogP contribution in [0.1, 0.15) is 34.0 Å². The summed E-state index contributed by atoms with van der Waals surface area (Å²) < 4.78 is 11.2. The number of aromatic carboxylic acids is 1. The van der Waals surface area contributed by atoms with Crippen molar-refractivity contribution >= 4 is 35.6 Å². The van der Waals surface area contributed by atoms with E-state index in [0.29, 0.717) is 28.3 Å². The van der Waals surface area contributed by atoms with E-state index in [0.717, 1.165) is 16.9 Å². The molecule has 0 bridgehead atoms. The number of nitrogens with one attached hydrogen (secondary N) is 1. The molecule has 9 heteroatoms. The third-order valence-electron chi connectivity index (χ3n) is 5.77. The molecule has 0 aromatic heterocycles. The summed E-state index contributed by atoms with van der Waals surface area (Å²) in [5, 5.41) is 11.4. The summed E-state index contributed by atoms with van der Waals surface area (Å²) in [4.78, 5) is 50.2. The van der Waals surface area contributed by atoms with E-state index in [1.807, 2.05) is 19.1 Å². The molecule has 0 saturated carbocycles. The fourth-order valence-corrected chi connectivity index (χ4v) is 3.79. The first-order valence-corrected chi connectivity index (χ1v) is 11.4. The maximum absolute atomic E-state index is 13.1. The van der Waals surface area contributed by atoms with Gasteiger partial charge in [-0.1, -0.05) is 37.3 Å². The van der Waals surface area contributed by atoms with Crippen LogP contribution in [-0.2, 0) is 22.6 Å². The van der Waals surface area contributed by atoms with E-state index in [4.69, 9.17) is 14.6 Å². The number of nitrogens with zero attached hydrogens (tertiary/aromatic N) is 1. The predicted molar refractivity (Wildman–Crippen MR) is 136 cm³/mol. The number of rotatable bonds is 8. The van der Waals surface area contributed by atoms with Crippen molar-refractivity contribution in [2.24, 2.45) is 0 Å². The van der Waals surface area contributed by atoms with Crippen molar-refractivity contribution in [3.63, 3.8) is 0 Å². The molecule has 0 atom stereocenters. The number of barbiturate groups is 1. The minimum Gasteiger partial charge on any atom is -0.493 e. The summed E-state index contributed by atoms with van der Waals surface area (Å²) in [6.45, 7) is 2.10. The van der Waals surface area contributed by atoms with Crippen molar-refractivity contribution in [2.75, 3.05) is 12.0 Å². The van der Waals surface area contributed by atoms with E-state index in [2.05, 4.69) is 5.32 Å². The quantitative estimate of drug-likeness (QED) is 0.351. The Labute approximate surface area is 212 Å². The van der Waals surface area contributed by atoms with Crippen LogP contribution in [0.25, 0.3) is 6.08 Å². The molecule has 1 aliphatic rings. The monoisotopic (exact) mass is 500 g/mol. The third kappa shape index (κ3) is 5.51. The van der Waals surface area contributed by atoms with Gasteiger partial charge in [0.2, 0.25) is 0 Å². The highest BCUT2D eigenvalue weighted by Gasteiger charge is 2.36. The number of anilines is 1. The molecule has 0 aliphatic carbocycles. The average Bonchev–Trinajstić information content (AvgIpc) is 2.90. The second-order valence-electron chi connectivity index (χ2n) is 8.18. The maximum Gasteiger partial charge on any atom is 0.335 e. The summed E-state index contributed by atoms with van der Waals surface area (Å²) in [6, 6.07) is 17.4. The molecule has 4 rings (SSSR count). The van der Waals surface area contributed by atoms with Gasteiger partial charge in [0.15, 0.2) is 11.5 Å². The number of ether oxygens (including phenoxy) is 2. The maximum atomic E-state index is 13.1. The smallest absolute Gasteiger partial charge is 0.335 e. The van der Waals surface area contributed by atoms with Crippen molar-refractivity contribution in [3.05, 3.63) is 94.6 Å². The molecule has 1 aliphatic heterocycles. The van der Waals surface area contributed by atoms with E-state index in [1.54, 1.807) is 42.5 Å². The number of aryl methyl sites for hydroxylation is 1. The number of carboxylic acid groups (broad SMARTS) is 1. The molecular formula is C28H24N2O7. The van der Waals surface area contributed by atoms with Crippen LogP contribution < -0.4 is 19.7 Å². The van der Waals surface area contributed by atoms with Crippen molar-refractivity contribution in [1.82, 2.24) is 5.32 Å². The fraction of sp³-hybridized carbons (Fsp3) is 0.143. The van der Waals surface area contributed by atoms with Crippen LogP contribution in [0.15, 0.2) is 72.3 Å². The molecule has 0 unspecified atom stereocenters. The van der Waals surface area contributed by atoms with Crippen LogP contribution in [0.2, 0.25) is 0 Å². The van der Waals surface area contributed by atoms with Crippen molar-refractivity contribution in [1.29, 1.82) is 0 Å². The number of benzene rings is 3. The molecule has 3 aromatic rings. The highest BCUT2D eigenvalue weighted by molar-refractivity contribution is 6.39. The SMILES string of the molecule is CCc1ccc(N2C(=O)NC(=O)/C(=C\c3ccc(OCc4cccc(C(=O)O)c4)c(OC)c3)C2=O)cc1. The first kappa shape index (κ1) is 25.2. The van der Waals surface area contributed by atoms with Gasteiger partial charge in [-0.05, 0) is 65.6 Å². The average molecular weight is 501 g/mol. The lowest BCUT2D eigenvalue weighted by molar-refractivity contribution is -0.122. The second kappa shape index (κ2) is 10.8. The second-order valence-corrected chi connectivity index (χ2v) is 8.18. The topological polar surface area (TPSA) is 122 Å². The molecule has 4 amide bonds. The molecule has 3 aromatic carbocycles. The van der Waals surface area contributed by atoms with E-state index >= 15 is 0 Å². The zero-order chi connectivity index (χ0) is 26.5. The Morgan fingerprint density at radius 1 is 0.973 bits per heavy atom. The summed E-state index contributed by atoms with van der Waals surface area (Å²) >= 11 is 0. The minimum absolute atomic E-state index is 0.104. The van der Waals surface area contributed by atoms with Crippen LogP contribution in [0, 0.1) is 0 Å². The van der Waals surface area contributed by atoms with Crippen molar-refractivity contribution in [3.8, 4) is 11.5 Å². The molecular weight excluding hydrogens is 476 g/mol. The molecule has 0 radical (unpaired) electrons. The number of carbonyl (C=O) groups excluding carboxylic acids is 3. The Bertz CT molecular complexity index is 1410. The fourth-order valence-electron chi connectivity index (χ4n) is 3.79. The van der Waals surface area contributed by atoms with Crippen LogP contribution in [-0.4, -0.2) is 36.0 Å². The first-order chi connectivity index (χ1) is 17.8. The van der Waals surface area contributed by atoms with Gasteiger partial charge in [-0.2, -0.15) is 0 Å². The van der Waals surface area contributed by atoms with E-state index < -0.39 is 23.8 Å². The molecule has 0 spiro atoms. The largest absolute Gasteiger partial charge is 0.493 e. The molecule has 2 N–H and O–H groups in total. The van der Waals surface area contributed by atoms with Gasteiger partial charge in [0.25, 0.3) is 11.8 Å². The lowest BCUT2D eigenvalue weighted by atomic mass is 10.1. The lowest BCUT2D eigenvalue weighted by Crippen LogP contribution is -2.54. The third-order valence-corrected chi connectivity index (χ3v) is 5.77. The molecule has 1 heterocycles. The Morgan fingerprint density at radius 3 is 2.41 bits per heavy atom. The summed E-state index contributed by atoms with van der Waals surface area (Å²) in [6.07, 6.45) is 2.18. The number of imide groups is 2. The Hall–Kier alpha value is -4.92. The highest BCUT2D eigenvalue weighted by atomic mass is 16.5. The molecule has 1 saturated heterocycles. The van der Waals surface area contributed by atoms with E-state index in [1.165, 1.54) is 25.3 Å². The zero-order valence-electron chi connectivity index (χ0n) is 20.2. The van der Waals surface area contributed by atoms with Gasteiger partial charge in [-0.3, -0.25) is 14.9 Å². The first-order valence-electron chi connectivity index (χ1n) is 11.4. The molecule has 37 heavy (non-hydrogen) atoms. The van der Waals surface area contributed by atoms with Gasteiger partial charge in [0, 0.05) is 0 Å². The Balaban J connectivity index is 1.57. The van der Waals surface area contributed by atoms with Crippen LogP contribution >= 0.6 is 0 Å². The summed E-state index contributed by atoms with van der Waals surface area (Å²) in [7, 11) is 1.45. The zero-order valence-corrected chi connectivity index (χ0v) is 20.2. The van der Waals surface area contributed by atoms with Gasteiger partial charge < -0.3 is 14.6 Å². The number of urea groups is 1. The number of hydrogen-bond acceptors (Lipinski definition) is 6. The number of methoxy groups -OCH3 is 1. The van der Waals surface area contributed by atoms with E-state index in [9.17, 15) is 19.2 Å². The number of carbonyl (C=O) groups is 4. The van der Waals surface area contributed by atoms with Crippen LogP contribution in [0.4, 0.5) is 10.5 Å². The van der Waals surface area contributed by atoms with Gasteiger partial charge in [-0.25, -0.2) is 14.5 Å². The molecule has 188 valence electrons. The van der Waals surface area contributed by atoms with Crippen molar-refractivity contribution in [2.45, 2.75) is 20.0 Å². The van der Waals surface area contributed by atoms with Gasteiger partial charge in [-0.15, -0.1) is 0 Å². The van der Waals surface area contributed by atoms with Crippen LogP contribution in [0.3, 0.4) is 0 Å². The van der Waals surface area contributed by atoms with Crippen molar-refractivity contribution < 1.29 is 33.8 Å². The predicted octanol–water partition coefficient (Wildman–Crippen LogP) is 4.20. The Morgan fingerprint density at radius 2 is 1.73 bits per heavy atom.